The molecule has 142 valence electrons. The van der Waals surface area contributed by atoms with Gasteiger partial charge in [-0.15, -0.1) is 0 Å². The summed E-state index contributed by atoms with van der Waals surface area (Å²) in [6.45, 7) is 3.36. The number of amidine groups is 1. The minimum absolute atomic E-state index is 0.652. The Morgan fingerprint density at radius 3 is 2.89 bits per heavy atom. The van der Waals surface area contributed by atoms with Gasteiger partial charge >= 0.3 is 0 Å². The lowest BCUT2D eigenvalue weighted by atomic mass is 10.0. The van der Waals surface area contributed by atoms with Crippen LogP contribution in [0.15, 0.2) is 53.8 Å². The Morgan fingerprint density at radius 2 is 1.96 bits per heavy atom. The number of anilines is 2. The van der Waals surface area contributed by atoms with Gasteiger partial charge in [-0.2, -0.15) is 0 Å². The molecule has 0 spiro atoms. The van der Waals surface area contributed by atoms with E-state index in [1.165, 1.54) is 0 Å². The molecule has 6 nitrogen and oxygen atoms in total. The topological polar surface area (TPSA) is 71.4 Å². The fourth-order valence-electron chi connectivity index (χ4n) is 3.84. The second-order valence-electron chi connectivity index (χ2n) is 7.33. The van der Waals surface area contributed by atoms with Crippen molar-refractivity contribution in [1.29, 1.82) is 0 Å². The molecule has 1 saturated heterocycles. The predicted octanol–water partition coefficient (Wildman–Crippen LogP) is 3.84. The van der Waals surface area contributed by atoms with Crippen molar-refractivity contribution in [3.63, 3.8) is 0 Å². The molecule has 2 N–H and O–H groups in total. The second-order valence-corrected chi connectivity index (χ2v) is 7.33. The van der Waals surface area contributed by atoms with Crippen molar-refractivity contribution in [2.24, 2.45) is 10.9 Å². The summed E-state index contributed by atoms with van der Waals surface area (Å²) < 4.78 is 5.45. The zero-order valence-corrected chi connectivity index (χ0v) is 15.7. The molecule has 2 aromatic heterocycles. The Balaban J connectivity index is 1.34. The molecule has 2 aliphatic heterocycles. The number of hydrogen-bond donors (Lipinski definition) is 2. The lowest BCUT2D eigenvalue weighted by Gasteiger charge is -2.22. The standard InChI is InChI=1S/C22H23N5O/c1-2-17-14-26-22(20(17)23-8-1)27-18-3-4-19-16(12-18)5-9-24-21(19)25-13-15-6-10-28-11-7-15/h1-5,8-9,12,15H,6-7,10-11,13-14H2,(H,24,25)(H,26,27). The van der Waals surface area contributed by atoms with Crippen molar-refractivity contribution in [2.75, 3.05) is 30.4 Å². The van der Waals surface area contributed by atoms with E-state index in [0.29, 0.717) is 12.5 Å². The third-order valence-electron chi connectivity index (χ3n) is 5.45. The number of aliphatic imine (C=N–C) groups is 1. The largest absolute Gasteiger partial charge is 0.381 e. The Hall–Kier alpha value is -2.99. The third-order valence-corrected chi connectivity index (χ3v) is 5.45. The molecule has 4 heterocycles. The van der Waals surface area contributed by atoms with Crippen molar-refractivity contribution in [3.8, 4) is 0 Å². The molecular weight excluding hydrogens is 350 g/mol. The number of fused-ring (bicyclic) bond motifs is 2. The lowest BCUT2D eigenvalue weighted by molar-refractivity contribution is 0.0699. The minimum Gasteiger partial charge on any atom is -0.381 e. The molecule has 6 heteroatoms. The fraction of sp³-hybridized carbons (Fsp3) is 0.318. The quantitative estimate of drug-likeness (QED) is 0.727. The highest BCUT2D eigenvalue weighted by Crippen LogP contribution is 2.26. The highest BCUT2D eigenvalue weighted by molar-refractivity contribution is 6.10. The van der Waals surface area contributed by atoms with Crippen LogP contribution in [0, 0.1) is 5.92 Å². The molecular formula is C22H23N5O. The van der Waals surface area contributed by atoms with E-state index in [0.717, 1.165) is 72.0 Å². The Kier molecular flexibility index (Phi) is 4.62. The molecule has 28 heavy (non-hydrogen) atoms. The van der Waals surface area contributed by atoms with Gasteiger partial charge in [-0.1, -0.05) is 6.07 Å². The van der Waals surface area contributed by atoms with Gasteiger partial charge in [0.1, 0.15) is 11.5 Å². The van der Waals surface area contributed by atoms with Gasteiger partial charge < -0.3 is 15.4 Å². The highest BCUT2D eigenvalue weighted by atomic mass is 16.5. The van der Waals surface area contributed by atoms with Crippen LogP contribution in [0.1, 0.15) is 24.1 Å². The average Bonchev–Trinajstić information content (AvgIpc) is 3.16. The number of rotatable bonds is 4. The predicted molar refractivity (Wildman–Crippen MR) is 112 cm³/mol. The van der Waals surface area contributed by atoms with Crippen molar-refractivity contribution >= 4 is 28.1 Å². The van der Waals surface area contributed by atoms with E-state index in [4.69, 9.17) is 4.74 Å². The van der Waals surface area contributed by atoms with Crippen LogP contribution in [0.3, 0.4) is 0 Å². The van der Waals surface area contributed by atoms with Crippen LogP contribution in [0.4, 0.5) is 11.5 Å². The molecule has 5 rings (SSSR count). The van der Waals surface area contributed by atoms with Crippen molar-refractivity contribution < 1.29 is 4.74 Å². The number of ether oxygens (including phenoxy) is 1. The summed E-state index contributed by atoms with van der Waals surface area (Å²) in [6.07, 6.45) is 5.90. The third kappa shape index (κ3) is 3.43. The first-order valence-electron chi connectivity index (χ1n) is 9.83. The van der Waals surface area contributed by atoms with Gasteiger partial charge in [0.2, 0.25) is 0 Å². The summed E-state index contributed by atoms with van der Waals surface area (Å²) in [5, 5.41) is 9.25. The molecule has 0 radical (unpaired) electrons. The van der Waals surface area contributed by atoms with E-state index < -0.39 is 0 Å². The molecule has 0 atom stereocenters. The van der Waals surface area contributed by atoms with E-state index in [-0.39, 0.29) is 0 Å². The zero-order valence-electron chi connectivity index (χ0n) is 15.7. The van der Waals surface area contributed by atoms with Crippen LogP contribution >= 0.6 is 0 Å². The van der Waals surface area contributed by atoms with E-state index >= 15 is 0 Å². The molecule has 3 aromatic rings. The maximum absolute atomic E-state index is 5.45. The molecule has 0 unspecified atom stereocenters. The summed E-state index contributed by atoms with van der Waals surface area (Å²) >= 11 is 0. The van der Waals surface area contributed by atoms with E-state index in [9.17, 15) is 0 Å². The molecule has 1 aromatic carbocycles. The molecule has 0 aliphatic carbocycles. The number of pyridine rings is 2. The highest BCUT2D eigenvalue weighted by Gasteiger charge is 2.17. The van der Waals surface area contributed by atoms with Gasteiger partial charge in [-0.3, -0.25) is 9.98 Å². The number of hydrogen-bond acceptors (Lipinski definition) is 6. The normalized spacial score (nSPS) is 16.6. The van der Waals surface area contributed by atoms with Crippen molar-refractivity contribution in [3.05, 3.63) is 60.0 Å². The van der Waals surface area contributed by atoms with Crippen LogP contribution in [-0.4, -0.2) is 35.6 Å². The SMILES string of the molecule is c1cnc2c(c1)CN=C2Nc1ccc2c(NCC3CCOCC3)nccc2c1. The Bertz CT molecular complexity index is 1030. The van der Waals surface area contributed by atoms with E-state index in [1.807, 2.05) is 24.5 Å². The first-order chi connectivity index (χ1) is 13.9. The summed E-state index contributed by atoms with van der Waals surface area (Å²) in [6, 6.07) is 12.4. The minimum atomic E-state index is 0.652. The van der Waals surface area contributed by atoms with Gasteiger partial charge in [-0.25, -0.2) is 4.98 Å². The van der Waals surface area contributed by atoms with Crippen LogP contribution < -0.4 is 10.6 Å². The van der Waals surface area contributed by atoms with Crippen LogP contribution in [-0.2, 0) is 11.3 Å². The van der Waals surface area contributed by atoms with Gasteiger partial charge in [0, 0.05) is 48.8 Å². The maximum atomic E-state index is 5.45. The number of aromatic nitrogens is 2. The van der Waals surface area contributed by atoms with Crippen LogP contribution in [0.2, 0.25) is 0 Å². The van der Waals surface area contributed by atoms with Crippen molar-refractivity contribution in [2.45, 2.75) is 19.4 Å². The molecule has 2 aliphatic rings. The van der Waals surface area contributed by atoms with Gasteiger partial charge in [-0.05, 0) is 54.5 Å². The van der Waals surface area contributed by atoms with Crippen molar-refractivity contribution in [1.82, 2.24) is 9.97 Å². The number of nitrogens with zero attached hydrogens (tertiary/aromatic N) is 3. The Morgan fingerprint density at radius 1 is 1.04 bits per heavy atom. The van der Waals surface area contributed by atoms with E-state index in [1.54, 1.807) is 0 Å². The van der Waals surface area contributed by atoms with Crippen LogP contribution in [0.25, 0.3) is 10.8 Å². The summed E-state index contributed by atoms with van der Waals surface area (Å²) in [5.74, 6) is 2.43. The monoisotopic (exact) mass is 373 g/mol. The summed E-state index contributed by atoms with van der Waals surface area (Å²) in [4.78, 5) is 13.6. The van der Waals surface area contributed by atoms with E-state index in [2.05, 4.69) is 49.9 Å². The lowest BCUT2D eigenvalue weighted by Crippen LogP contribution is -2.23. The van der Waals surface area contributed by atoms with Gasteiger partial charge in [0.25, 0.3) is 0 Å². The van der Waals surface area contributed by atoms with Gasteiger partial charge in [0.05, 0.1) is 6.54 Å². The average molecular weight is 373 g/mol. The first-order valence-corrected chi connectivity index (χ1v) is 9.83. The smallest absolute Gasteiger partial charge is 0.152 e. The fourth-order valence-corrected chi connectivity index (χ4v) is 3.84. The summed E-state index contributed by atoms with van der Waals surface area (Å²) in [7, 11) is 0. The van der Waals surface area contributed by atoms with Crippen LogP contribution in [0.5, 0.6) is 0 Å². The van der Waals surface area contributed by atoms with Gasteiger partial charge in [0.15, 0.2) is 5.84 Å². The summed E-state index contributed by atoms with van der Waals surface area (Å²) in [5.41, 5.74) is 3.11. The molecule has 0 amide bonds. The zero-order chi connectivity index (χ0) is 18.8. The number of nitrogens with one attached hydrogen (secondary N) is 2. The first kappa shape index (κ1) is 17.1. The molecule has 0 bridgehead atoms. The number of benzene rings is 1. The second kappa shape index (κ2) is 7.56. The Labute approximate surface area is 164 Å². The molecule has 1 fully saturated rings. The maximum Gasteiger partial charge on any atom is 0.152 e. The molecule has 0 saturated carbocycles.